The molecular formula is C23H28ClN3O2. The van der Waals surface area contributed by atoms with Gasteiger partial charge in [-0.15, -0.1) is 0 Å². The Kier molecular flexibility index (Phi) is 6.36. The van der Waals surface area contributed by atoms with Crippen molar-refractivity contribution in [2.45, 2.75) is 50.7 Å². The second kappa shape index (κ2) is 9.14. The minimum absolute atomic E-state index is 0.00617. The van der Waals surface area contributed by atoms with Gasteiger partial charge in [-0.3, -0.25) is 4.79 Å². The van der Waals surface area contributed by atoms with Crippen LogP contribution in [0.1, 0.15) is 38.5 Å². The summed E-state index contributed by atoms with van der Waals surface area (Å²) in [6.45, 7) is 1.63. The fourth-order valence-corrected chi connectivity index (χ4v) is 4.45. The molecular weight excluding hydrogens is 386 g/mol. The Bertz CT molecular complexity index is 817. The number of amides is 1. The Morgan fingerprint density at radius 3 is 2.45 bits per heavy atom. The lowest BCUT2D eigenvalue weighted by molar-refractivity contribution is -0.126. The number of hydrogen-bond donors (Lipinski definition) is 2. The number of aromatic nitrogens is 1. The van der Waals surface area contributed by atoms with Gasteiger partial charge in [0.05, 0.1) is 12.0 Å². The van der Waals surface area contributed by atoms with E-state index in [1.54, 1.807) is 0 Å². The Labute approximate surface area is 177 Å². The van der Waals surface area contributed by atoms with Crippen LogP contribution in [0, 0.1) is 5.92 Å². The van der Waals surface area contributed by atoms with E-state index in [1.165, 1.54) is 0 Å². The van der Waals surface area contributed by atoms with Gasteiger partial charge >= 0.3 is 0 Å². The standard InChI is InChI=1S/C23H28ClN3O2/c24-19-6-3-16(4-7-19)17-5-12-22(25-14-17)27-13-1-2-18(15-27)23(29)26-20-8-10-21(28)11-9-20/h3-7,12,14,18,20-21,28H,1-2,8-11,13,15H2,(H,26,29)/t18-,20?,21?/m0/s1. The van der Waals surface area contributed by atoms with E-state index in [9.17, 15) is 9.90 Å². The maximum absolute atomic E-state index is 12.8. The van der Waals surface area contributed by atoms with Crippen molar-refractivity contribution in [1.82, 2.24) is 10.3 Å². The van der Waals surface area contributed by atoms with Crippen LogP contribution < -0.4 is 10.2 Å². The molecule has 2 N–H and O–H groups in total. The largest absolute Gasteiger partial charge is 0.393 e. The molecule has 2 aromatic rings. The van der Waals surface area contributed by atoms with E-state index in [0.717, 1.165) is 67.0 Å². The van der Waals surface area contributed by atoms with Crippen molar-refractivity contribution < 1.29 is 9.90 Å². The van der Waals surface area contributed by atoms with Gasteiger partial charge in [-0.2, -0.15) is 0 Å². The van der Waals surface area contributed by atoms with Crippen molar-refractivity contribution in [3.05, 3.63) is 47.6 Å². The Hall–Kier alpha value is -2.11. The van der Waals surface area contributed by atoms with Crippen molar-refractivity contribution >= 4 is 23.3 Å². The normalized spacial score (nSPS) is 24.9. The second-order valence-corrected chi connectivity index (χ2v) is 8.65. The molecule has 1 aliphatic carbocycles. The topological polar surface area (TPSA) is 65.5 Å². The molecule has 1 atom stereocenters. The number of carbonyl (C=O) groups is 1. The molecule has 2 heterocycles. The van der Waals surface area contributed by atoms with Crippen molar-refractivity contribution in [2.24, 2.45) is 5.92 Å². The smallest absolute Gasteiger partial charge is 0.225 e. The van der Waals surface area contributed by atoms with E-state index in [4.69, 9.17) is 11.6 Å². The molecule has 6 heteroatoms. The van der Waals surface area contributed by atoms with E-state index in [1.807, 2.05) is 36.5 Å². The Morgan fingerprint density at radius 2 is 1.76 bits per heavy atom. The number of pyridine rings is 1. The van der Waals surface area contributed by atoms with Gasteiger partial charge in [0.15, 0.2) is 0 Å². The van der Waals surface area contributed by atoms with Crippen LogP contribution in [0.3, 0.4) is 0 Å². The molecule has 1 saturated carbocycles. The average Bonchev–Trinajstić information content (AvgIpc) is 2.76. The summed E-state index contributed by atoms with van der Waals surface area (Å²) in [6, 6.07) is 12.1. The summed E-state index contributed by atoms with van der Waals surface area (Å²) in [4.78, 5) is 19.6. The summed E-state index contributed by atoms with van der Waals surface area (Å²) < 4.78 is 0. The molecule has 1 aliphatic heterocycles. The fourth-order valence-electron chi connectivity index (χ4n) is 4.32. The van der Waals surface area contributed by atoms with Gasteiger partial charge in [-0.25, -0.2) is 4.98 Å². The van der Waals surface area contributed by atoms with Crippen LogP contribution in [0.2, 0.25) is 5.02 Å². The van der Waals surface area contributed by atoms with Gasteiger partial charge in [0.1, 0.15) is 5.82 Å². The Balaban J connectivity index is 1.36. The number of piperidine rings is 1. The molecule has 5 nitrogen and oxygen atoms in total. The molecule has 2 fully saturated rings. The average molecular weight is 414 g/mol. The van der Waals surface area contributed by atoms with Crippen LogP contribution >= 0.6 is 11.6 Å². The quantitative estimate of drug-likeness (QED) is 0.793. The predicted molar refractivity (Wildman–Crippen MR) is 116 cm³/mol. The second-order valence-electron chi connectivity index (χ2n) is 8.21. The van der Waals surface area contributed by atoms with E-state index in [2.05, 4.69) is 21.3 Å². The fraction of sp³-hybridized carbons (Fsp3) is 0.478. The highest BCUT2D eigenvalue weighted by atomic mass is 35.5. The molecule has 0 unspecified atom stereocenters. The van der Waals surface area contributed by atoms with Gasteiger partial charge < -0.3 is 15.3 Å². The zero-order valence-electron chi connectivity index (χ0n) is 16.6. The van der Waals surface area contributed by atoms with Crippen LogP contribution in [0.5, 0.6) is 0 Å². The molecule has 0 radical (unpaired) electrons. The summed E-state index contributed by atoms with van der Waals surface area (Å²) >= 11 is 5.97. The maximum Gasteiger partial charge on any atom is 0.225 e. The highest BCUT2D eigenvalue weighted by Crippen LogP contribution is 2.26. The Morgan fingerprint density at radius 1 is 1.03 bits per heavy atom. The number of benzene rings is 1. The predicted octanol–water partition coefficient (Wildman–Crippen LogP) is 4.04. The number of nitrogens with zero attached hydrogens (tertiary/aromatic N) is 2. The third kappa shape index (κ3) is 5.09. The van der Waals surface area contributed by atoms with Crippen molar-refractivity contribution in [1.29, 1.82) is 0 Å². The van der Waals surface area contributed by atoms with Crippen LogP contribution in [0.15, 0.2) is 42.6 Å². The molecule has 0 bridgehead atoms. The first-order valence-corrected chi connectivity index (χ1v) is 10.9. The molecule has 0 spiro atoms. The lowest BCUT2D eigenvalue weighted by Crippen LogP contribution is -2.47. The molecule has 1 aromatic carbocycles. The minimum atomic E-state index is -0.199. The minimum Gasteiger partial charge on any atom is -0.393 e. The molecule has 1 amide bonds. The van der Waals surface area contributed by atoms with Crippen molar-refractivity contribution in [2.75, 3.05) is 18.0 Å². The third-order valence-electron chi connectivity index (χ3n) is 6.08. The zero-order valence-corrected chi connectivity index (χ0v) is 17.3. The molecule has 4 rings (SSSR count). The summed E-state index contributed by atoms with van der Waals surface area (Å²) in [5.41, 5.74) is 2.14. The number of halogens is 1. The molecule has 1 aromatic heterocycles. The lowest BCUT2D eigenvalue weighted by atomic mass is 9.91. The van der Waals surface area contributed by atoms with E-state index < -0.39 is 0 Å². The number of hydrogen-bond acceptors (Lipinski definition) is 4. The van der Waals surface area contributed by atoms with E-state index in [0.29, 0.717) is 6.54 Å². The third-order valence-corrected chi connectivity index (χ3v) is 6.34. The van der Waals surface area contributed by atoms with Crippen LogP contribution in [-0.2, 0) is 4.79 Å². The van der Waals surface area contributed by atoms with Crippen molar-refractivity contribution in [3.63, 3.8) is 0 Å². The van der Waals surface area contributed by atoms with Crippen LogP contribution in [0.4, 0.5) is 5.82 Å². The molecule has 2 aliphatic rings. The molecule has 154 valence electrons. The molecule has 1 saturated heterocycles. The number of aliphatic hydroxyl groups excluding tert-OH is 1. The summed E-state index contributed by atoms with van der Waals surface area (Å²) in [6.07, 6.45) is 6.90. The SMILES string of the molecule is O=C(NC1CCC(O)CC1)[C@H]1CCCN(c2ccc(-c3ccc(Cl)cc3)cn2)C1. The van der Waals surface area contributed by atoms with E-state index >= 15 is 0 Å². The van der Waals surface area contributed by atoms with Gasteiger partial charge in [-0.05, 0) is 68.4 Å². The maximum atomic E-state index is 12.8. The van der Waals surface area contributed by atoms with Gasteiger partial charge in [0, 0.05) is 35.9 Å². The highest BCUT2D eigenvalue weighted by Gasteiger charge is 2.29. The first-order chi connectivity index (χ1) is 14.1. The molecule has 29 heavy (non-hydrogen) atoms. The van der Waals surface area contributed by atoms with Crippen LogP contribution in [-0.4, -0.2) is 41.2 Å². The number of carbonyl (C=O) groups excluding carboxylic acids is 1. The summed E-state index contributed by atoms with van der Waals surface area (Å²) in [7, 11) is 0. The highest BCUT2D eigenvalue weighted by molar-refractivity contribution is 6.30. The lowest BCUT2D eigenvalue weighted by Gasteiger charge is -2.34. The summed E-state index contributed by atoms with van der Waals surface area (Å²) in [5, 5.41) is 13.6. The monoisotopic (exact) mass is 413 g/mol. The number of rotatable bonds is 4. The first kappa shape index (κ1) is 20.2. The first-order valence-electron chi connectivity index (χ1n) is 10.5. The van der Waals surface area contributed by atoms with Crippen LogP contribution in [0.25, 0.3) is 11.1 Å². The van der Waals surface area contributed by atoms with Gasteiger partial charge in [-0.1, -0.05) is 23.7 Å². The van der Waals surface area contributed by atoms with Gasteiger partial charge in [0.2, 0.25) is 5.91 Å². The number of anilines is 1. The zero-order chi connectivity index (χ0) is 20.2. The van der Waals surface area contributed by atoms with E-state index in [-0.39, 0.29) is 24.0 Å². The number of nitrogens with one attached hydrogen (secondary N) is 1. The summed E-state index contributed by atoms with van der Waals surface area (Å²) in [5.74, 6) is 1.06. The number of aliphatic hydroxyl groups is 1. The van der Waals surface area contributed by atoms with Crippen molar-refractivity contribution in [3.8, 4) is 11.1 Å². The van der Waals surface area contributed by atoms with Gasteiger partial charge in [0.25, 0.3) is 0 Å².